The van der Waals surface area contributed by atoms with Gasteiger partial charge in [0.2, 0.25) is 10.0 Å². The van der Waals surface area contributed by atoms with Crippen molar-refractivity contribution in [2.24, 2.45) is 5.92 Å². The number of aryl methyl sites for hydroxylation is 1. The summed E-state index contributed by atoms with van der Waals surface area (Å²) in [6.45, 7) is 12.6. The predicted octanol–water partition coefficient (Wildman–Crippen LogP) is 3.27. The Labute approximate surface area is 133 Å². The van der Waals surface area contributed by atoms with Crippen molar-refractivity contribution in [3.63, 3.8) is 0 Å². The van der Waals surface area contributed by atoms with Gasteiger partial charge in [-0.25, -0.2) is 13.1 Å². The highest BCUT2D eigenvalue weighted by molar-refractivity contribution is 7.89. The van der Waals surface area contributed by atoms with Gasteiger partial charge in [0.25, 0.3) is 0 Å². The molecule has 0 spiro atoms. The zero-order valence-corrected chi connectivity index (χ0v) is 15.5. The van der Waals surface area contributed by atoms with Gasteiger partial charge in [-0.15, -0.1) is 11.3 Å². The second kappa shape index (κ2) is 7.72. The molecule has 2 atom stereocenters. The fourth-order valence-corrected chi connectivity index (χ4v) is 5.15. The summed E-state index contributed by atoms with van der Waals surface area (Å²) in [5.41, 5.74) is 0.824. The molecule has 0 aliphatic rings. The van der Waals surface area contributed by atoms with Crippen molar-refractivity contribution < 1.29 is 8.42 Å². The summed E-state index contributed by atoms with van der Waals surface area (Å²) < 4.78 is 28.2. The maximum Gasteiger partial charge on any atom is 0.242 e. The molecule has 2 unspecified atom stereocenters. The number of hydrogen-bond donors (Lipinski definition) is 2. The van der Waals surface area contributed by atoms with Gasteiger partial charge in [0.05, 0.1) is 0 Å². The smallest absolute Gasteiger partial charge is 0.242 e. The first kappa shape index (κ1) is 18.6. The first-order valence-corrected chi connectivity index (χ1v) is 9.88. The molecule has 0 aromatic carbocycles. The van der Waals surface area contributed by atoms with E-state index < -0.39 is 10.0 Å². The Morgan fingerprint density at radius 2 is 1.86 bits per heavy atom. The number of rotatable bonds is 8. The highest BCUT2D eigenvalue weighted by Crippen LogP contribution is 2.27. The Balaban J connectivity index is 2.99. The largest absolute Gasteiger partial charge is 0.310 e. The summed E-state index contributed by atoms with van der Waals surface area (Å²) in [4.78, 5) is 1.33. The van der Waals surface area contributed by atoms with Crippen molar-refractivity contribution in [1.29, 1.82) is 0 Å². The molecule has 2 N–H and O–H groups in total. The average Bonchev–Trinajstić information content (AvgIpc) is 2.76. The molecule has 0 saturated carbocycles. The minimum absolute atomic E-state index is 0.0646. The lowest BCUT2D eigenvalue weighted by Gasteiger charge is -2.20. The van der Waals surface area contributed by atoms with E-state index in [1.165, 1.54) is 11.3 Å². The van der Waals surface area contributed by atoms with Crippen LogP contribution in [0.5, 0.6) is 0 Å². The molecule has 122 valence electrons. The number of sulfonamides is 1. The summed E-state index contributed by atoms with van der Waals surface area (Å²) >= 11 is 1.50. The molecule has 4 nitrogen and oxygen atoms in total. The van der Waals surface area contributed by atoms with E-state index in [0.717, 1.165) is 16.9 Å². The highest BCUT2D eigenvalue weighted by Gasteiger charge is 2.26. The first-order chi connectivity index (χ1) is 9.69. The van der Waals surface area contributed by atoms with Crippen LogP contribution in [-0.2, 0) is 16.6 Å². The molecule has 21 heavy (non-hydrogen) atoms. The number of hydrogen-bond acceptors (Lipinski definition) is 4. The summed E-state index contributed by atoms with van der Waals surface area (Å²) in [5.74, 6) is 0.316. The molecule has 0 saturated heterocycles. The van der Waals surface area contributed by atoms with E-state index in [1.54, 1.807) is 0 Å². The fourth-order valence-electron chi connectivity index (χ4n) is 2.04. The number of thiophene rings is 1. The molecule has 1 rings (SSSR count). The Morgan fingerprint density at radius 1 is 1.24 bits per heavy atom. The SMILES string of the molecule is CCC(C)C(C)NS(=O)(=O)c1c(C)csc1CNC(C)C. The van der Waals surface area contributed by atoms with Crippen LogP contribution in [0.25, 0.3) is 0 Å². The van der Waals surface area contributed by atoms with Crippen molar-refractivity contribution in [2.75, 3.05) is 0 Å². The maximum absolute atomic E-state index is 12.7. The van der Waals surface area contributed by atoms with Crippen molar-refractivity contribution in [1.82, 2.24) is 10.0 Å². The Bertz CT molecular complexity index is 550. The van der Waals surface area contributed by atoms with Gasteiger partial charge < -0.3 is 5.32 Å². The second-order valence-corrected chi connectivity index (χ2v) is 8.62. The van der Waals surface area contributed by atoms with Gasteiger partial charge in [-0.3, -0.25) is 0 Å². The zero-order valence-electron chi connectivity index (χ0n) is 13.9. The van der Waals surface area contributed by atoms with Gasteiger partial charge in [0, 0.05) is 23.5 Å². The van der Waals surface area contributed by atoms with Crippen LogP contribution in [0.15, 0.2) is 10.3 Å². The molecule has 1 heterocycles. The van der Waals surface area contributed by atoms with Crippen LogP contribution in [0.2, 0.25) is 0 Å². The summed E-state index contributed by atoms with van der Waals surface area (Å²) in [6, 6.07) is 0.264. The van der Waals surface area contributed by atoms with Crippen molar-refractivity contribution in [3.8, 4) is 0 Å². The van der Waals surface area contributed by atoms with Crippen LogP contribution < -0.4 is 10.0 Å². The Kier molecular flexibility index (Phi) is 6.84. The molecular formula is C15H28N2O2S2. The first-order valence-electron chi connectivity index (χ1n) is 7.51. The third kappa shape index (κ3) is 5.06. The van der Waals surface area contributed by atoms with E-state index >= 15 is 0 Å². The molecule has 1 aromatic rings. The van der Waals surface area contributed by atoms with Crippen molar-refractivity contribution in [2.45, 2.75) is 71.5 Å². The monoisotopic (exact) mass is 332 g/mol. The summed E-state index contributed by atoms with van der Waals surface area (Å²) in [5, 5.41) is 5.21. The van der Waals surface area contributed by atoms with Crippen LogP contribution >= 0.6 is 11.3 Å². The number of nitrogens with one attached hydrogen (secondary N) is 2. The minimum atomic E-state index is -3.46. The molecule has 0 fully saturated rings. The Hall–Kier alpha value is -0.430. The van der Waals surface area contributed by atoms with Gasteiger partial charge in [-0.2, -0.15) is 0 Å². The van der Waals surface area contributed by atoms with Crippen LogP contribution in [0.4, 0.5) is 0 Å². The van der Waals surface area contributed by atoms with E-state index in [9.17, 15) is 8.42 Å². The van der Waals surface area contributed by atoms with E-state index in [0.29, 0.717) is 23.4 Å². The molecule has 0 aliphatic carbocycles. The van der Waals surface area contributed by atoms with E-state index in [2.05, 4.69) is 37.7 Å². The second-order valence-electron chi connectivity index (χ2n) is 6.00. The van der Waals surface area contributed by atoms with Gasteiger partial charge in [-0.05, 0) is 30.7 Å². The molecule has 1 aromatic heterocycles. The lowest BCUT2D eigenvalue weighted by Crippen LogP contribution is -2.37. The quantitative estimate of drug-likeness (QED) is 0.768. The standard InChI is InChI=1S/C15H28N2O2S2/c1-7-11(4)13(6)17-21(18,19)15-12(5)9-20-14(15)8-16-10(2)3/h9-11,13,16-17H,7-8H2,1-6H3. The van der Waals surface area contributed by atoms with Crippen LogP contribution in [0.1, 0.15) is 51.5 Å². The molecule has 0 amide bonds. The van der Waals surface area contributed by atoms with Crippen LogP contribution in [0.3, 0.4) is 0 Å². The fraction of sp³-hybridized carbons (Fsp3) is 0.733. The molecule has 0 bridgehead atoms. The zero-order chi connectivity index (χ0) is 16.2. The highest BCUT2D eigenvalue weighted by atomic mass is 32.2. The van der Waals surface area contributed by atoms with Crippen molar-refractivity contribution >= 4 is 21.4 Å². The van der Waals surface area contributed by atoms with Gasteiger partial charge >= 0.3 is 0 Å². The van der Waals surface area contributed by atoms with Gasteiger partial charge in [-0.1, -0.05) is 34.1 Å². The third-order valence-electron chi connectivity index (χ3n) is 3.77. The maximum atomic E-state index is 12.7. The third-order valence-corrected chi connectivity index (χ3v) is 6.79. The average molecular weight is 333 g/mol. The molecule has 0 aliphatic heterocycles. The minimum Gasteiger partial charge on any atom is -0.310 e. The van der Waals surface area contributed by atoms with Gasteiger partial charge in [0.15, 0.2) is 0 Å². The lowest BCUT2D eigenvalue weighted by atomic mass is 10.0. The molecule has 6 heteroatoms. The van der Waals surface area contributed by atoms with E-state index in [-0.39, 0.29) is 6.04 Å². The topological polar surface area (TPSA) is 58.2 Å². The summed E-state index contributed by atoms with van der Waals surface area (Å²) in [6.07, 6.45) is 0.952. The van der Waals surface area contributed by atoms with Crippen LogP contribution in [-0.4, -0.2) is 20.5 Å². The predicted molar refractivity (Wildman–Crippen MR) is 90.3 cm³/mol. The summed E-state index contributed by atoms with van der Waals surface area (Å²) in [7, 11) is -3.46. The lowest BCUT2D eigenvalue weighted by molar-refractivity contribution is 0.433. The Morgan fingerprint density at radius 3 is 2.38 bits per heavy atom. The van der Waals surface area contributed by atoms with Gasteiger partial charge in [0.1, 0.15) is 4.90 Å². The molecule has 0 radical (unpaired) electrons. The van der Waals surface area contributed by atoms with E-state index in [4.69, 9.17) is 0 Å². The van der Waals surface area contributed by atoms with E-state index in [1.807, 2.05) is 19.2 Å². The normalized spacial score (nSPS) is 15.4. The van der Waals surface area contributed by atoms with Crippen LogP contribution in [0, 0.1) is 12.8 Å². The van der Waals surface area contributed by atoms with Crippen molar-refractivity contribution in [3.05, 3.63) is 15.8 Å². The molecular weight excluding hydrogens is 304 g/mol.